The molecule has 0 atom stereocenters. The van der Waals surface area contributed by atoms with Gasteiger partial charge in [-0.25, -0.2) is 0 Å². The minimum absolute atomic E-state index is 0.00398. The summed E-state index contributed by atoms with van der Waals surface area (Å²) in [5.41, 5.74) is -2.46. The molecule has 11 heteroatoms. The highest BCUT2D eigenvalue weighted by Crippen LogP contribution is 2.37. The Bertz CT molecular complexity index is 807. The van der Waals surface area contributed by atoms with Crippen LogP contribution in [0.3, 0.4) is 0 Å². The molecule has 1 amide bonds. The van der Waals surface area contributed by atoms with Gasteiger partial charge in [0.15, 0.2) is 5.69 Å². The number of halogens is 6. The van der Waals surface area contributed by atoms with Crippen LogP contribution in [0.2, 0.25) is 0 Å². The van der Waals surface area contributed by atoms with Crippen molar-refractivity contribution in [3.63, 3.8) is 0 Å². The molecule has 1 aliphatic rings. The number of hydrogen-bond acceptors (Lipinski definition) is 3. The molecule has 5 nitrogen and oxygen atoms in total. The molecule has 0 bridgehead atoms. The average molecular weight is 378 g/mol. The van der Waals surface area contributed by atoms with Gasteiger partial charge in [0.2, 0.25) is 0 Å². The number of benzene rings is 1. The summed E-state index contributed by atoms with van der Waals surface area (Å²) >= 11 is 0. The number of nitrogens with one attached hydrogen (secondary N) is 3. The molecule has 3 N–H and O–H groups in total. The maximum Gasteiger partial charge on any atom is 0.416 e. The number of aromatic nitrogens is 2. The molecule has 140 valence electrons. The number of rotatable bonds is 2. The molecule has 0 unspecified atom stereocenters. The Labute approximate surface area is 142 Å². The fourth-order valence-electron chi connectivity index (χ4n) is 2.63. The molecule has 0 saturated carbocycles. The second-order valence-electron chi connectivity index (χ2n) is 5.70. The normalized spacial score (nSPS) is 14.8. The summed E-state index contributed by atoms with van der Waals surface area (Å²) in [7, 11) is 0. The summed E-state index contributed by atoms with van der Waals surface area (Å²) in [5.74, 6) is -0.890. The van der Waals surface area contributed by atoms with Crippen LogP contribution in [0.25, 0.3) is 0 Å². The summed E-state index contributed by atoms with van der Waals surface area (Å²) in [6, 6.07) is 0.894. The van der Waals surface area contributed by atoms with Gasteiger partial charge in [-0.05, 0) is 18.2 Å². The summed E-state index contributed by atoms with van der Waals surface area (Å²) in [6.45, 7) is 0.990. The van der Waals surface area contributed by atoms with Gasteiger partial charge in [-0.2, -0.15) is 31.4 Å². The number of carbonyl (C=O) groups excluding carboxylic acids is 1. The van der Waals surface area contributed by atoms with Gasteiger partial charge in [-0.3, -0.25) is 9.89 Å². The largest absolute Gasteiger partial charge is 0.416 e. The van der Waals surface area contributed by atoms with E-state index >= 15 is 0 Å². The van der Waals surface area contributed by atoms with Crippen molar-refractivity contribution in [2.75, 3.05) is 11.9 Å². The first kappa shape index (κ1) is 18.2. The van der Waals surface area contributed by atoms with Crippen molar-refractivity contribution in [3.05, 3.63) is 46.3 Å². The van der Waals surface area contributed by atoms with Crippen LogP contribution in [-0.4, -0.2) is 22.6 Å². The van der Waals surface area contributed by atoms with Crippen molar-refractivity contribution in [1.82, 2.24) is 15.5 Å². The highest BCUT2D eigenvalue weighted by molar-refractivity contribution is 6.04. The number of hydrogen-bond donors (Lipinski definition) is 3. The quantitative estimate of drug-likeness (QED) is 0.702. The smallest absolute Gasteiger partial charge is 0.321 e. The van der Waals surface area contributed by atoms with E-state index in [1.165, 1.54) is 0 Å². The second-order valence-corrected chi connectivity index (χ2v) is 5.70. The first-order chi connectivity index (χ1) is 12.1. The molecule has 0 saturated heterocycles. The van der Waals surface area contributed by atoms with E-state index in [0.29, 0.717) is 42.9 Å². The second kappa shape index (κ2) is 6.31. The van der Waals surface area contributed by atoms with Crippen LogP contribution in [0, 0.1) is 0 Å². The van der Waals surface area contributed by atoms with Crippen molar-refractivity contribution in [3.8, 4) is 0 Å². The maximum atomic E-state index is 12.9. The van der Waals surface area contributed by atoms with Gasteiger partial charge in [-0.15, -0.1) is 0 Å². The van der Waals surface area contributed by atoms with Gasteiger partial charge < -0.3 is 10.6 Å². The number of H-pyrrole nitrogens is 1. The van der Waals surface area contributed by atoms with Crippen LogP contribution < -0.4 is 10.6 Å². The lowest BCUT2D eigenvalue weighted by molar-refractivity contribution is -0.143. The molecule has 1 aromatic heterocycles. The summed E-state index contributed by atoms with van der Waals surface area (Å²) in [6.07, 6.45) is -9.40. The average Bonchev–Trinajstić information content (AvgIpc) is 2.97. The van der Waals surface area contributed by atoms with Crippen LogP contribution in [0.5, 0.6) is 0 Å². The molecule has 26 heavy (non-hydrogen) atoms. The number of carbonyl (C=O) groups is 1. The summed E-state index contributed by atoms with van der Waals surface area (Å²) < 4.78 is 77.2. The van der Waals surface area contributed by atoms with Crippen molar-refractivity contribution in [2.24, 2.45) is 0 Å². The standard InChI is InChI=1S/C15H12F6N4O/c16-14(17,18)7-3-8(15(19,20)21)5-9(4-7)23-13(26)12-10-6-22-2-1-11(10)24-25-12/h3-5,22H,1-2,6H2,(H,23,26)(H,24,25). The Morgan fingerprint density at radius 3 is 2.23 bits per heavy atom. The first-order valence-corrected chi connectivity index (χ1v) is 7.43. The fraction of sp³-hybridized carbons (Fsp3) is 0.333. The molecule has 3 rings (SSSR count). The molecule has 1 aromatic carbocycles. The third kappa shape index (κ3) is 3.66. The minimum Gasteiger partial charge on any atom is -0.321 e. The number of aromatic amines is 1. The van der Waals surface area contributed by atoms with Gasteiger partial charge >= 0.3 is 12.4 Å². The molecular formula is C15H12F6N4O. The lowest BCUT2D eigenvalue weighted by atomic mass is 10.1. The van der Waals surface area contributed by atoms with E-state index < -0.39 is 35.1 Å². The van der Waals surface area contributed by atoms with E-state index in [9.17, 15) is 31.1 Å². The van der Waals surface area contributed by atoms with Gasteiger partial charge in [0.05, 0.1) is 11.1 Å². The molecule has 0 spiro atoms. The zero-order valence-corrected chi connectivity index (χ0v) is 13.0. The molecular weight excluding hydrogens is 366 g/mol. The Morgan fingerprint density at radius 1 is 1.04 bits per heavy atom. The van der Waals surface area contributed by atoms with E-state index in [-0.39, 0.29) is 11.8 Å². The van der Waals surface area contributed by atoms with Crippen LogP contribution in [0.15, 0.2) is 18.2 Å². The maximum absolute atomic E-state index is 12.9. The van der Waals surface area contributed by atoms with E-state index in [4.69, 9.17) is 0 Å². The predicted molar refractivity (Wildman–Crippen MR) is 78.4 cm³/mol. The molecule has 2 heterocycles. The molecule has 0 aliphatic carbocycles. The molecule has 2 aromatic rings. The molecule has 1 aliphatic heterocycles. The number of nitrogens with zero attached hydrogens (tertiary/aromatic N) is 1. The lowest BCUT2D eigenvalue weighted by Crippen LogP contribution is -2.25. The first-order valence-electron chi connectivity index (χ1n) is 7.43. The summed E-state index contributed by atoms with van der Waals surface area (Å²) in [4.78, 5) is 12.3. The van der Waals surface area contributed by atoms with E-state index in [1.807, 2.05) is 0 Å². The lowest BCUT2D eigenvalue weighted by Gasteiger charge is -2.15. The third-order valence-electron chi connectivity index (χ3n) is 3.87. The van der Waals surface area contributed by atoms with Gasteiger partial charge in [0.25, 0.3) is 5.91 Å². The Kier molecular flexibility index (Phi) is 4.42. The Balaban J connectivity index is 1.94. The monoisotopic (exact) mass is 378 g/mol. The topological polar surface area (TPSA) is 69.8 Å². The van der Waals surface area contributed by atoms with E-state index in [0.717, 1.165) is 0 Å². The zero-order valence-electron chi connectivity index (χ0n) is 13.0. The van der Waals surface area contributed by atoms with Crippen LogP contribution >= 0.6 is 0 Å². The number of anilines is 1. The van der Waals surface area contributed by atoms with Crippen LogP contribution in [-0.2, 0) is 25.3 Å². The highest BCUT2D eigenvalue weighted by Gasteiger charge is 2.37. The minimum atomic E-state index is -4.99. The van der Waals surface area contributed by atoms with Crippen molar-refractivity contribution in [2.45, 2.75) is 25.3 Å². The predicted octanol–water partition coefficient (Wildman–Crippen LogP) is 3.35. The Morgan fingerprint density at radius 2 is 1.65 bits per heavy atom. The van der Waals surface area contributed by atoms with Crippen LogP contribution in [0.4, 0.5) is 32.0 Å². The number of fused-ring (bicyclic) bond motifs is 1. The highest BCUT2D eigenvalue weighted by atomic mass is 19.4. The molecule has 0 fully saturated rings. The van der Waals surface area contributed by atoms with Crippen molar-refractivity contribution >= 4 is 11.6 Å². The third-order valence-corrected chi connectivity index (χ3v) is 3.87. The van der Waals surface area contributed by atoms with Gasteiger partial charge in [-0.1, -0.05) is 0 Å². The number of alkyl halides is 6. The van der Waals surface area contributed by atoms with E-state index in [1.54, 1.807) is 0 Å². The van der Waals surface area contributed by atoms with Crippen molar-refractivity contribution < 1.29 is 31.1 Å². The molecule has 0 radical (unpaired) electrons. The fourth-order valence-corrected chi connectivity index (χ4v) is 2.63. The Hall–Kier alpha value is -2.56. The van der Waals surface area contributed by atoms with E-state index in [2.05, 4.69) is 20.8 Å². The summed E-state index contributed by atoms with van der Waals surface area (Å²) in [5, 5.41) is 11.5. The van der Waals surface area contributed by atoms with Crippen molar-refractivity contribution in [1.29, 1.82) is 0 Å². The SMILES string of the molecule is O=C(Nc1cc(C(F)(F)F)cc(C(F)(F)F)c1)c1n[nH]c2c1CNCC2. The van der Waals surface area contributed by atoms with Gasteiger partial charge in [0, 0.05) is 36.5 Å². The number of amides is 1. The van der Waals surface area contributed by atoms with Gasteiger partial charge in [0.1, 0.15) is 0 Å². The van der Waals surface area contributed by atoms with Crippen LogP contribution in [0.1, 0.15) is 32.9 Å². The zero-order chi connectivity index (χ0) is 19.1.